The molecular weight excluding hydrogens is 428 g/mol. The van der Waals surface area contributed by atoms with Crippen molar-refractivity contribution in [3.63, 3.8) is 0 Å². The molecule has 1 saturated heterocycles. The summed E-state index contributed by atoms with van der Waals surface area (Å²) in [7, 11) is 0. The van der Waals surface area contributed by atoms with Crippen LogP contribution in [0.4, 0.5) is 17.1 Å². The zero-order chi connectivity index (χ0) is 22.3. The largest absolute Gasteiger partial charge is 0.378 e. The van der Waals surface area contributed by atoms with Crippen molar-refractivity contribution in [1.82, 2.24) is 4.98 Å². The maximum Gasteiger partial charge on any atom is 0.270 e. The van der Waals surface area contributed by atoms with E-state index in [4.69, 9.17) is 4.74 Å². The number of rotatable bonds is 7. The van der Waals surface area contributed by atoms with E-state index >= 15 is 0 Å². The molecule has 32 heavy (non-hydrogen) atoms. The molecular formula is C23H22N4O4S. The summed E-state index contributed by atoms with van der Waals surface area (Å²) in [5, 5.41) is 15.1. The monoisotopic (exact) mass is 450 g/mol. The normalized spacial score (nSPS) is 13.6. The molecule has 9 heteroatoms. The molecule has 164 valence electrons. The van der Waals surface area contributed by atoms with Crippen molar-refractivity contribution in [3.8, 4) is 0 Å². The number of hydrogen-bond acceptors (Lipinski definition) is 7. The van der Waals surface area contributed by atoms with Crippen molar-refractivity contribution in [2.24, 2.45) is 0 Å². The summed E-state index contributed by atoms with van der Waals surface area (Å²) in [6.07, 6.45) is 1.75. The number of aromatic nitrogens is 1. The van der Waals surface area contributed by atoms with Crippen LogP contribution in [0, 0.1) is 10.1 Å². The van der Waals surface area contributed by atoms with Crippen molar-refractivity contribution >= 4 is 34.7 Å². The Bertz CT molecular complexity index is 1100. The Morgan fingerprint density at radius 2 is 1.97 bits per heavy atom. The highest BCUT2D eigenvalue weighted by Crippen LogP contribution is 2.28. The number of benzene rings is 2. The number of carbonyl (C=O) groups excluding carboxylic acids is 1. The van der Waals surface area contributed by atoms with Gasteiger partial charge in [-0.25, -0.2) is 4.98 Å². The van der Waals surface area contributed by atoms with Crippen molar-refractivity contribution < 1.29 is 14.5 Å². The Morgan fingerprint density at radius 3 is 2.72 bits per heavy atom. The molecule has 1 N–H and O–H groups in total. The third-order valence-corrected chi connectivity index (χ3v) is 6.01. The molecule has 0 spiro atoms. The predicted octanol–water partition coefficient (Wildman–Crippen LogP) is 4.37. The van der Waals surface area contributed by atoms with Gasteiger partial charge in [0.2, 0.25) is 0 Å². The Labute approximate surface area is 189 Å². The van der Waals surface area contributed by atoms with Crippen LogP contribution < -0.4 is 10.2 Å². The van der Waals surface area contributed by atoms with Crippen LogP contribution in [0.1, 0.15) is 15.9 Å². The molecule has 0 bridgehead atoms. The van der Waals surface area contributed by atoms with Gasteiger partial charge in [-0.2, -0.15) is 0 Å². The fourth-order valence-electron chi connectivity index (χ4n) is 3.43. The first kappa shape index (κ1) is 21.8. The van der Waals surface area contributed by atoms with Gasteiger partial charge in [-0.15, -0.1) is 11.8 Å². The first-order valence-electron chi connectivity index (χ1n) is 10.2. The number of non-ortho nitro benzene ring substituents is 1. The third-order valence-electron chi connectivity index (χ3n) is 5.00. The predicted molar refractivity (Wildman–Crippen MR) is 124 cm³/mol. The second-order valence-corrected chi connectivity index (χ2v) is 8.16. The Hall–Kier alpha value is -3.43. The number of ether oxygens (including phenoxy) is 1. The number of thioether (sulfide) groups is 1. The number of amides is 1. The van der Waals surface area contributed by atoms with Crippen LogP contribution in [-0.4, -0.2) is 42.1 Å². The average Bonchev–Trinajstić information content (AvgIpc) is 2.84. The molecule has 0 radical (unpaired) electrons. The summed E-state index contributed by atoms with van der Waals surface area (Å²) in [5.74, 6) is 0.320. The Balaban J connectivity index is 1.52. The van der Waals surface area contributed by atoms with E-state index in [2.05, 4.69) is 10.3 Å². The molecule has 1 aliphatic rings. The lowest BCUT2D eigenvalue weighted by Crippen LogP contribution is -2.37. The zero-order valence-corrected chi connectivity index (χ0v) is 18.1. The van der Waals surface area contributed by atoms with E-state index in [0.29, 0.717) is 43.4 Å². The fraction of sp³-hybridized carbons (Fsp3) is 0.217. The van der Waals surface area contributed by atoms with Crippen molar-refractivity contribution in [2.45, 2.75) is 10.8 Å². The quantitative estimate of drug-likeness (QED) is 0.324. The van der Waals surface area contributed by atoms with Gasteiger partial charge in [0, 0.05) is 42.9 Å². The first-order chi connectivity index (χ1) is 15.6. The topological polar surface area (TPSA) is 97.6 Å². The number of nitrogens with zero attached hydrogens (tertiary/aromatic N) is 3. The van der Waals surface area contributed by atoms with Crippen LogP contribution in [0.2, 0.25) is 0 Å². The van der Waals surface area contributed by atoms with Gasteiger partial charge in [0.15, 0.2) is 0 Å². The van der Waals surface area contributed by atoms with Crippen molar-refractivity contribution in [2.75, 3.05) is 36.5 Å². The molecule has 1 aliphatic heterocycles. The fourth-order valence-corrected chi connectivity index (χ4v) is 4.23. The van der Waals surface area contributed by atoms with E-state index in [1.165, 1.54) is 12.1 Å². The van der Waals surface area contributed by atoms with Gasteiger partial charge in [-0.1, -0.05) is 18.2 Å². The smallest absolute Gasteiger partial charge is 0.270 e. The molecule has 2 aromatic carbocycles. The van der Waals surface area contributed by atoms with Gasteiger partial charge in [0.25, 0.3) is 11.6 Å². The Kier molecular flexibility index (Phi) is 6.98. The van der Waals surface area contributed by atoms with Crippen LogP contribution in [0.25, 0.3) is 0 Å². The van der Waals surface area contributed by atoms with Crippen molar-refractivity contribution in [1.29, 1.82) is 0 Å². The lowest BCUT2D eigenvalue weighted by Gasteiger charge is -2.30. The van der Waals surface area contributed by atoms with Gasteiger partial charge in [-0.05, 0) is 35.9 Å². The number of nitro groups is 1. The number of nitrogens with one attached hydrogen (secondary N) is 1. The summed E-state index contributed by atoms with van der Waals surface area (Å²) >= 11 is 1.61. The van der Waals surface area contributed by atoms with E-state index in [-0.39, 0.29) is 17.2 Å². The van der Waals surface area contributed by atoms with Crippen LogP contribution >= 0.6 is 11.8 Å². The third kappa shape index (κ3) is 5.43. The number of carbonyl (C=O) groups is 1. The number of hydrogen-bond donors (Lipinski definition) is 1. The minimum atomic E-state index is -0.491. The highest BCUT2D eigenvalue weighted by Gasteiger charge is 2.22. The minimum Gasteiger partial charge on any atom is -0.378 e. The molecule has 0 unspecified atom stereocenters. The summed E-state index contributed by atoms with van der Waals surface area (Å²) in [6, 6.07) is 17.7. The molecule has 0 saturated carbocycles. The average molecular weight is 451 g/mol. The molecule has 3 aromatic rings. The first-order valence-corrected chi connectivity index (χ1v) is 11.1. The molecule has 4 rings (SSSR count). The van der Waals surface area contributed by atoms with E-state index in [0.717, 1.165) is 10.6 Å². The number of morpholine rings is 1. The summed E-state index contributed by atoms with van der Waals surface area (Å²) in [4.78, 5) is 30.3. The van der Waals surface area contributed by atoms with Gasteiger partial charge < -0.3 is 15.0 Å². The Morgan fingerprint density at radius 1 is 1.12 bits per heavy atom. The summed E-state index contributed by atoms with van der Waals surface area (Å²) in [6.45, 7) is 2.35. The van der Waals surface area contributed by atoms with E-state index in [1.54, 1.807) is 30.1 Å². The highest BCUT2D eigenvalue weighted by atomic mass is 32.2. The number of nitro benzene ring substituents is 1. The maximum absolute atomic E-state index is 13.1. The zero-order valence-electron chi connectivity index (χ0n) is 17.3. The molecule has 1 amide bonds. The molecule has 2 heterocycles. The number of pyridine rings is 1. The highest BCUT2D eigenvalue weighted by molar-refractivity contribution is 7.98. The summed E-state index contributed by atoms with van der Waals surface area (Å²) in [5.41, 5.74) is 2.49. The van der Waals surface area contributed by atoms with E-state index in [1.807, 2.05) is 41.3 Å². The van der Waals surface area contributed by atoms with Crippen LogP contribution in [0.15, 0.2) is 71.9 Å². The van der Waals surface area contributed by atoms with Crippen LogP contribution in [0.5, 0.6) is 0 Å². The van der Waals surface area contributed by atoms with E-state index in [9.17, 15) is 14.9 Å². The van der Waals surface area contributed by atoms with Gasteiger partial charge in [0.1, 0.15) is 0 Å². The lowest BCUT2D eigenvalue weighted by atomic mass is 10.1. The molecule has 1 aromatic heterocycles. The second-order valence-electron chi connectivity index (χ2n) is 7.17. The lowest BCUT2D eigenvalue weighted by molar-refractivity contribution is -0.384. The van der Waals surface area contributed by atoms with Crippen molar-refractivity contribution in [3.05, 3.63) is 88.1 Å². The molecule has 1 fully saturated rings. The van der Waals surface area contributed by atoms with Crippen LogP contribution in [0.3, 0.4) is 0 Å². The summed E-state index contributed by atoms with van der Waals surface area (Å²) < 4.78 is 5.39. The van der Waals surface area contributed by atoms with Gasteiger partial charge >= 0.3 is 0 Å². The molecule has 8 nitrogen and oxygen atoms in total. The second kappa shape index (κ2) is 10.3. The number of anilines is 2. The van der Waals surface area contributed by atoms with Gasteiger partial charge in [-0.3, -0.25) is 14.9 Å². The van der Waals surface area contributed by atoms with Crippen LogP contribution in [-0.2, 0) is 10.5 Å². The SMILES string of the molecule is O=C(Nc1cccc(CSc2ccccn2)c1)c1cc([N+](=O)[O-])ccc1N1CCOCC1. The van der Waals surface area contributed by atoms with E-state index < -0.39 is 4.92 Å². The molecule has 0 aliphatic carbocycles. The maximum atomic E-state index is 13.1. The molecule has 0 atom stereocenters. The van der Waals surface area contributed by atoms with Gasteiger partial charge in [0.05, 0.1) is 34.4 Å². The minimum absolute atomic E-state index is 0.118. The standard InChI is InChI=1S/C23H22N4O4S/c28-23(20-15-19(27(29)30)7-8-21(20)26-10-12-31-13-11-26)25-18-5-3-4-17(14-18)16-32-22-6-1-2-9-24-22/h1-9,14-15H,10-13,16H2,(H,25,28).